The lowest BCUT2D eigenvalue weighted by molar-refractivity contribution is -0.137. The van der Waals surface area contributed by atoms with E-state index in [0.29, 0.717) is 12.2 Å². The highest BCUT2D eigenvalue weighted by Gasteiger charge is 2.17. The highest BCUT2D eigenvalue weighted by atomic mass is 19.2. The molecule has 2 nitrogen and oxygen atoms in total. The molecule has 0 saturated heterocycles. The van der Waals surface area contributed by atoms with Crippen molar-refractivity contribution in [3.63, 3.8) is 0 Å². The molecular weight excluding hydrogens is 240 g/mol. The first-order valence-electron chi connectivity index (χ1n) is 4.65. The average molecular weight is 248 g/mol. The number of benzene rings is 1. The van der Waals surface area contributed by atoms with Gasteiger partial charge >= 0.3 is 5.97 Å². The van der Waals surface area contributed by atoms with Crippen LogP contribution in [0.1, 0.15) is 12.5 Å². The van der Waals surface area contributed by atoms with Gasteiger partial charge in [-0.15, -0.1) is 0 Å². The van der Waals surface area contributed by atoms with Crippen LogP contribution >= 0.6 is 0 Å². The third-order valence-electron chi connectivity index (χ3n) is 1.82. The Morgan fingerprint density at radius 1 is 1.24 bits per heavy atom. The van der Waals surface area contributed by atoms with Crippen LogP contribution in [0.4, 0.5) is 17.6 Å². The SMILES string of the molecule is CCOC(=O)/C=C/c1c(F)c(F)cc(F)c1F. The monoisotopic (exact) mass is 248 g/mol. The molecule has 92 valence electrons. The number of rotatable bonds is 3. The second-order valence-electron chi connectivity index (χ2n) is 2.97. The quantitative estimate of drug-likeness (QED) is 0.356. The summed E-state index contributed by atoms with van der Waals surface area (Å²) in [5, 5.41) is 0. The van der Waals surface area contributed by atoms with Crippen LogP contribution in [0.5, 0.6) is 0 Å². The smallest absolute Gasteiger partial charge is 0.330 e. The van der Waals surface area contributed by atoms with E-state index < -0.39 is 34.8 Å². The van der Waals surface area contributed by atoms with E-state index in [1.165, 1.54) is 6.92 Å². The van der Waals surface area contributed by atoms with Crippen molar-refractivity contribution in [1.82, 2.24) is 0 Å². The maximum Gasteiger partial charge on any atom is 0.330 e. The maximum absolute atomic E-state index is 13.1. The first kappa shape index (κ1) is 13.2. The normalized spacial score (nSPS) is 10.9. The Hall–Kier alpha value is -1.85. The zero-order valence-corrected chi connectivity index (χ0v) is 8.77. The molecule has 0 saturated carbocycles. The Bertz CT molecular complexity index is 443. The Kier molecular flexibility index (Phi) is 4.25. The van der Waals surface area contributed by atoms with E-state index in [4.69, 9.17) is 0 Å². The van der Waals surface area contributed by atoms with Gasteiger partial charge in [0.1, 0.15) is 0 Å². The van der Waals surface area contributed by atoms with Crippen LogP contribution in [-0.4, -0.2) is 12.6 Å². The molecule has 0 spiro atoms. The van der Waals surface area contributed by atoms with Gasteiger partial charge in [0, 0.05) is 12.1 Å². The van der Waals surface area contributed by atoms with Gasteiger partial charge in [-0.2, -0.15) is 0 Å². The van der Waals surface area contributed by atoms with E-state index in [1.807, 2.05) is 0 Å². The molecule has 0 aliphatic heterocycles. The first-order valence-corrected chi connectivity index (χ1v) is 4.65. The number of esters is 1. The molecule has 0 heterocycles. The Morgan fingerprint density at radius 2 is 1.76 bits per heavy atom. The zero-order chi connectivity index (χ0) is 13.0. The summed E-state index contributed by atoms with van der Waals surface area (Å²) in [7, 11) is 0. The molecule has 0 radical (unpaired) electrons. The molecule has 0 aliphatic carbocycles. The standard InChI is InChI=1S/C11H8F4O2/c1-2-17-9(16)4-3-6-10(14)7(12)5-8(13)11(6)15/h3-5H,2H2,1H3/b4-3+. The van der Waals surface area contributed by atoms with Crippen LogP contribution in [0, 0.1) is 23.3 Å². The van der Waals surface area contributed by atoms with E-state index in [0.717, 1.165) is 0 Å². The molecule has 6 heteroatoms. The summed E-state index contributed by atoms with van der Waals surface area (Å²) in [5.41, 5.74) is -0.962. The van der Waals surface area contributed by atoms with Crippen molar-refractivity contribution < 1.29 is 27.1 Å². The third kappa shape index (κ3) is 3.05. The Balaban J connectivity index is 3.10. The third-order valence-corrected chi connectivity index (χ3v) is 1.82. The van der Waals surface area contributed by atoms with Crippen molar-refractivity contribution in [1.29, 1.82) is 0 Å². The molecule has 0 fully saturated rings. The Morgan fingerprint density at radius 3 is 2.24 bits per heavy atom. The summed E-state index contributed by atoms with van der Waals surface area (Å²) in [4.78, 5) is 10.9. The number of hydrogen-bond donors (Lipinski definition) is 0. The number of ether oxygens (including phenoxy) is 1. The second kappa shape index (κ2) is 5.47. The predicted octanol–water partition coefficient (Wildman–Crippen LogP) is 2.82. The highest BCUT2D eigenvalue weighted by Crippen LogP contribution is 2.20. The minimum atomic E-state index is -1.57. The maximum atomic E-state index is 13.1. The average Bonchev–Trinajstić information content (AvgIpc) is 2.27. The molecule has 0 amide bonds. The number of carbonyl (C=O) groups is 1. The van der Waals surface area contributed by atoms with E-state index in [2.05, 4.69) is 4.74 Å². The molecule has 0 aromatic heterocycles. The van der Waals surface area contributed by atoms with Crippen molar-refractivity contribution in [2.45, 2.75) is 6.92 Å². The molecule has 1 aromatic carbocycles. The van der Waals surface area contributed by atoms with Crippen molar-refractivity contribution in [2.24, 2.45) is 0 Å². The van der Waals surface area contributed by atoms with E-state index in [1.54, 1.807) is 0 Å². The lowest BCUT2D eigenvalue weighted by atomic mass is 10.1. The van der Waals surface area contributed by atoms with E-state index in [-0.39, 0.29) is 12.7 Å². The van der Waals surface area contributed by atoms with Gasteiger partial charge in [-0.3, -0.25) is 0 Å². The summed E-state index contributed by atoms with van der Waals surface area (Å²) in [6.07, 6.45) is 1.30. The molecule has 1 aromatic rings. The largest absolute Gasteiger partial charge is 0.463 e. The van der Waals surface area contributed by atoms with Crippen molar-refractivity contribution in [3.05, 3.63) is 41.0 Å². The summed E-state index contributed by atoms with van der Waals surface area (Å²) in [6, 6.07) is 0.0897. The fourth-order valence-corrected chi connectivity index (χ4v) is 1.08. The summed E-state index contributed by atoms with van der Waals surface area (Å²) >= 11 is 0. The van der Waals surface area contributed by atoms with Gasteiger partial charge in [-0.05, 0) is 13.0 Å². The summed E-state index contributed by atoms with van der Waals surface area (Å²) < 4.78 is 56.2. The van der Waals surface area contributed by atoms with Crippen LogP contribution < -0.4 is 0 Å². The van der Waals surface area contributed by atoms with Crippen molar-refractivity contribution in [3.8, 4) is 0 Å². The molecule has 0 atom stereocenters. The van der Waals surface area contributed by atoms with Crippen LogP contribution in [-0.2, 0) is 9.53 Å². The van der Waals surface area contributed by atoms with Gasteiger partial charge in [0.15, 0.2) is 23.3 Å². The summed E-state index contributed by atoms with van der Waals surface area (Å²) in [5.74, 6) is -7.07. The van der Waals surface area contributed by atoms with Gasteiger partial charge in [-0.25, -0.2) is 22.4 Å². The molecule has 17 heavy (non-hydrogen) atoms. The lowest BCUT2D eigenvalue weighted by Gasteiger charge is -2.02. The minimum absolute atomic E-state index is 0.0750. The molecule has 0 bridgehead atoms. The van der Waals surface area contributed by atoms with Gasteiger partial charge < -0.3 is 4.74 Å². The number of hydrogen-bond acceptors (Lipinski definition) is 2. The first-order chi connectivity index (χ1) is 7.97. The fraction of sp³-hybridized carbons (Fsp3) is 0.182. The molecule has 1 rings (SSSR count). The molecule has 0 unspecified atom stereocenters. The molecular formula is C11H8F4O2. The topological polar surface area (TPSA) is 26.3 Å². The van der Waals surface area contributed by atoms with Crippen LogP contribution in [0.25, 0.3) is 6.08 Å². The van der Waals surface area contributed by atoms with Crippen molar-refractivity contribution in [2.75, 3.05) is 6.61 Å². The van der Waals surface area contributed by atoms with E-state index in [9.17, 15) is 22.4 Å². The van der Waals surface area contributed by atoms with Crippen molar-refractivity contribution >= 4 is 12.0 Å². The van der Waals surface area contributed by atoms with Crippen LogP contribution in [0.2, 0.25) is 0 Å². The number of halogens is 4. The van der Waals surface area contributed by atoms with Gasteiger partial charge in [0.25, 0.3) is 0 Å². The summed E-state index contributed by atoms with van der Waals surface area (Å²) in [6.45, 7) is 1.61. The fourth-order valence-electron chi connectivity index (χ4n) is 1.08. The lowest BCUT2D eigenvalue weighted by Crippen LogP contribution is -2.01. The van der Waals surface area contributed by atoms with Gasteiger partial charge in [0.05, 0.1) is 12.2 Å². The van der Waals surface area contributed by atoms with Crippen LogP contribution in [0.15, 0.2) is 12.1 Å². The van der Waals surface area contributed by atoms with Crippen LogP contribution in [0.3, 0.4) is 0 Å². The number of carbonyl (C=O) groups excluding carboxylic acids is 1. The Labute approximate surface area is 94.5 Å². The molecule has 0 aliphatic rings. The van der Waals surface area contributed by atoms with Gasteiger partial charge in [0.2, 0.25) is 0 Å². The highest BCUT2D eigenvalue weighted by molar-refractivity contribution is 5.87. The van der Waals surface area contributed by atoms with Gasteiger partial charge in [-0.1, -0.05) is 0 Å². The predicted molar refractivity (Wildman–Crippen MR) is 51.9 cm³/mol. The second-order valence-corrected chi connectivity index (χ2v) is 2.97. The van der Waals surface area contributed by atoms with E-state index >= 15 is 0 Å². The zero-order valence-electron chi connectivity index (χ0n) is 8.77. The minimum Gasteiger partial charge on any atom is -0.463 e. The molecule has 0 N–H and O–H groups in total.